The average molecular weight is 431 g/mol. The van der Waals surface area contributed by atoms with Gasteiger partial charge in [0.05, 0.1) is 6.61 Å². The molecule has 2 N–H and O–H groups in total. The first-order valence-electron chi connectivity index (χ1n) is 10.5. The molecule has 2 rings (SSSR count). The van der Waals surface area contributed by atoms with E-state index in [-0.39, 0.29) is 5.82 Å². The fourth-order valence-electron chi connectivity index (χ4n) is 3.11. The molecule has 170 valence electrons. The van der Waals surface area contributed by atoms with E-state index in [1.54, 1.807) is 20.2 Å². The molecule has 0 heterocycles. The van der Waals surface area contributed by atoms with Gasteiger partial charge in [-0.3, -0.25) is 4.99 Å². The Bertz CT molecular complexity index is 855. The largest absolute Gasteiger partial charge is 0.493 e. The first-order chi connectivity index (χ1) is 14.9. The molecule has 0 unspecified atom stereocenters. The highest BCUT2D eigenvalue weighted by atomic mass is 19.1. The highest BCUT2D eigenvalue weighted by molar-refractivity contribution is 5.79. The topological polar surface area (TPSA) is 58.1 Å². The fourth-order valence-corrected chi connectivity index (χ4v) is 3.11. The maximum Gasteiger partial charge on any atom is 0.191 e. The van der Waals surface area contributed by atoms with Gasteiger partial charge in [-0.25, -0.2) is 4.39 Å². The number of benzene rings is 2. The zero-order chi connectivity index (χ0) is 22.6. The SMILES string of the molecule is CN=C(NCc1ccc(F)c(CN(C)C)c1)NCc1ccc(C)cc1OCCCOC. The second-order valence-electron chi connectivity index (χ2n) is 7.75. The van der Waals surface area contributed by atoms with Crippen molar-refractivity contribution in [1.29, 1.82) is 0 Å². The van der Waals surface area contributed by atoms with E-state index >= 15 is 0 Å². The van der Waals surface area contributed by atoms with E-state index in [1.807, 2.05) is 38.1 Å². The standard InChI is InChI=1S/C24H35FN4O2/c1-18-7-9-20(23(13-18)31-12-6-11-30-5)16-28-24(26-2)27-15-19-8-10-22(25)21(14-19)17-29(3)4/h7-10,13-14H,6,11-12,15-17H2,1-5H3,(H2,26,27,28). The van der Waals surface area contributed by atoms with Crippen LogP contribution in [0.15, 0.2) is 41.4 Å². The number of ether oxygens (including phenoxy) is 2. The molecule has 0 aliphatic heterocycles. The van der Waals surface area contributed by atoms with Gasteiger partial charge in [0.25, 0.3) is 0 Å². The van der Waals surface area contributed by atoms with E-state index in [2.05, 4.69) is 27.8 Å². The van der Waals surface area contributed by atoms with Crippen LogP contribution in [0.3, 0.4) is 0 Å². The first kappa shape index (κ1) is 24.6. The minimum atomic E-state index is -0.183. The zero-order valence-electron chi connectivity index (χ0n) is 19.3. The van der Waals surface area contributed by atoms with Crippen molar-refractivity contribution >= 4 is 5.96 Å². The Hall–Kier alpha value is -2.64. The molecule has 0 bridgehead atoms. The van der Waals surface area contributed by atoms with Gasteiger partial charge < -0.3 is 25.0 Å². The molecule has 2 aromatic rings. The molecule has 0 fully saturated rings. The molecule has 0 spiro atoms. The molecular formula is C24H35FN4O2. The van der Waals surface area contributed by atoms with Crippen LogP contribution in [0.25, 0.3) is 0 Å². The number of nitrogens with zero attached hydrogens (tertiary/aromatic N) is 2. The number of guanidine groups is 1. The van der Waals surface area contributed by atoms with Gasteiger partial charge in [-0.2, -0.15) is 0 Å². The number of rotatable bonds is 11. The lowest BCUT2D eigenvalue weighted by Gasteiger charge is -2.16. The minimum absolute atomic E-state index is 0.183. The summed E-state index contributed by atoms with van der Waals surface area (Å²) < 4.78 is 25.0. The Labute approximate surface area is 185 Å². The van der Waals surface area contributed by atoms with E-state index in [4.69, 9.17) is 9.47 Å². The molecule has 31 heavy (non-hydrogen) atoms. The zero-order valence-corrected chi connectivity index (χ0v) is 19.3. The van der Waals surface area contributed by atoms with Crippen LogP contribution in [-0.2, 0) is 24.4 Å². The summed E-state index contributed by atoms with van der Waals surface area (Å²) >= 11 is 0. The maximum absolute atomic E-state index is 14.0. The van der Waals surface area contributed by atoms with Gasteiger partial charge in [0.2, 0.25) is 0 Å². The maximum atomic E-state index is 14.0. The second kappa shape index (κ2) is 12.9. The molecule has 2 aromatic carbocycles. The van der Waals surface area contributed by atoms with Gasteiger partial charge >= 0.3 is 0 Å². The van der Waals surface area contributed by atoms with Crippen molar-refractivity contribution in [2.45, 2.75) is 33.0 Å². The molecule has 0 atom stereocenters. The second-order valence-corrected chi connectivity index (χ2v) is 7.75. The average Bonchev–Trinajstić information content (AvgIpc) is 2.74. The monoisotopic (exact) mass is 430 g/mol. The van der Waals surface area contributed by atoms with Crippen molar-refractivity contribution in [2.75, 3.05) is 41.5 Å². The Balaban J connectivity index is 1.94. The summed E-state index contributed by atoms with van der Waals surface area (Å²) in [5.74, 6) is 1.35. The van der Waals surface area contributed by atoms with Crippen molar-refractivity contribution in [2.24, 2.45) is 4.99 Å². The molecular weight excluding hydrogens is 395 g/mol. The van der Waals surface area contributed by atoms with Crippen LogP contribution >= 0.6 is 0 Å². The Kier molecular flexibility index (Phi) is 10.3. The van der Waals surface area contributed by atoms with Crippen LogP contribution in [0.1, 0.15) is 28.7 Å². The van der Waals surface area contributed by atoms with E-state index in [1.165, 1.54) is 6.07 Å². The Morgan fingerprint density at radius 3 is 2.52 bits per heavy atom. The summed E-state index contributed by atoms with van der Waals surface area (Å²) in [7, 11) is 7.28. The minimum Gasteiger partial charge on any atom is -0.493 e. The van der Waals surface area contributed by atoms with Crippen LogP contribution in [0.4, 0.5) is 4.39 Å². The third-order valence-corrected chi connectivity index (χ3v) is 4.70. The van der Waals surface area contributed by atoms with Gasteiger partial charge in [-0.05, 0) is 50.3 Å². The number of halogens is 1. The first-order valence-corrected chi connectivity index (χ1v) is 10.5. The lowest BCUT2D eigenvalue weighted by molar-refractivity contribution is 0.171. The van der Waals surface area contributed by atoms with E-state index in [0.29, 0.717) is 44.4 Å². The third-order valence-electron chi connectivity index (χ3n) is 4.70. The van der Waals surface area contributed by atoms with Gasteiger partial charge in [0, 0.05) is 57.9 Å². The fraction of sp³-hybridized carbons (Fsp3) is 0.458. The number of hydrogen-bond acceptors (Lipinski definition) is 4. The summed E-state index contributed by atoms with van der Waals surface area (Å²) in [6.07, 6.45) is 0.841. The number of nitrogens with one attached hydrogen (secondary N) is 2. The van der Waals surface area contributed by atoms with Gasteiger partial charge in [-0.1, -0.05) is 18.2 Å². The number of aryl methyl sites for hydroxylation is 1. The number of hydrogen-bond donors (Lipinski definition) is 2. The summed E-state index contributed by atoms with van der Waals surface area (Å²) in [5.41, 5.74) is 3.89. The Morgan fingerprint density at radius 2 is 1.81 bits per heavy atom. The molecule has 0 aromatic heterocycles. The molecule has 0 radical (unpaired) electrons. The van der Waals surface area contributed by atoms with E-state index in [9.17, 15) is 4.39 Å². The molecule has 0 saturated heterocycles. The normalized spacial score (nSPS) is 11.6. The van der Waals surface area contributed by atoms with E-state index < -0.39 is 0 Å². The summed E-state index contributed by atoms with van der Waals surface area (Å²) in [4.78, 5) is 6.25. The van der Waals surface area contributed by atoms with Crippen molar-refractivity contribution < 1.29 is 13.9 Å². The lowest BCUT2D eigenvalue weighted by Crippen LogP contribution is -2.36. The van der Waals surface area contributed by atoms with Crippen molar-refractivity contribution in [3.05, 3.63) is 64.5 Å². The summed E-state index contributed by atoms with van der Waals surface area (Å²) in [5, 5.41) is 6.62. The van der Waals surface area contributed by atoms with Gasteiger partial charge in [0.1, 0.15) is 11.6 Å². The van der Waals surface area contributed by atoms with Gasteiger partial charge in [0.15, 0.2) is 5.96 Å². The smallest absolute Gasteiger partial charge is 0.191 e. The summed E-state index contributed by atoms with van der Waals surface area (Å²) in [6, 6.07) is 11.4. The predicted molar refractivity (Wildman–Crippen MR) is 124 cm³/mol. The van der Waals surface area contributed by atoms with Crippen LogP contribution in [0.2, 0.25) is 0 Å². The number of methoxy groups -OCH3 is 1. The van der Waals surface area contributed by atoms with Crippen molar-refractivity contribution in [3.63, 3.8) is 0 Å². The van der Waals surface area contributed by atoms with Gasteiger partial charge in [-0.15, -0.1) is 0 Å². The molecule has 0 aliphatic rings. The molecule has 0 aliphatic carbocycles. The van der Waals surface area contributed by atoms with E-state index in [0.717, 1.165) is 28.9 Å². The Morgan fingerprint density at radius 1 is 1.03 bits per heavy atom. The van der Waals surface area contributed by atoms with Crippen LogP contribution in [0.5, 0.6) is 5.75 Å². The highest BCUT2D eigenvalue weighted by Crippen LogP contribution is 2.20. The lowest BCUT2D eigenvalue weighted by atomic mass is 10.1. The molecule has 0 saturated carbocycles. The molecule has 0 amide bonds. The highest BCUT2D eigenvalue weighted by Gasteiger charge is 2.08. The van der Waals surface area contributed by atoms with Crippen LogP contribution in [-0.4, -0.2) is 52.3 Å². The molecule has 6 nitrogen and oxygen atoms in total. The third kappa shape index (κ3) is 8.55. The molecule has 7 heteroatoms. The summed E-state index contributed by atoms with van der Waals surface area (Å²) in [6.45, 7) is 5.02. The van der Waals surface area contributed by atoms with Crippen molar-refractivity contribution in [3.8, 4) is 5.75 Å². The predicted octanol–water partition coefficient (Wildman–Crippen LogP) is 3.48. The number of aliphatic imine (C=N–C) groups is 1. The van der Waals surface area contributed by atoms with Crippen molar-refractivity contribution in [1.82, 2.24) is 15.5 Å². The van der Waals surface area contributed by atoms with Crippen LogP contribution < -0.4 is 15.4 Å². The van der Waals surface area contributed by atoms with Crippen LogP contribution in [0, 0.1) is 12.7 Å². The quantitative estimate of drug-likeness (QED) is 0.325.